The number of phenols is 2. The van der Waals surface area contributed by atoms with E-state index in [4.69, 9.17) is 19.3 Å². The summed E-state index contributed by atoms with van der Waals surface area (Å²) in [4.78, 5) is 50.0. The van der Waals surface area contributed by atoms with Crippen LogP contribution in [-0.4, -0.2) is 45.7 Å². The third-order valence-electron chi connectivity index (χ3n) is 7.49. The van der Waals surface area contributed by atoms with Crippen molar-refractivity contribution in [3.05, 3.63) is 118 Å². The molecule has 11 nitrogen and oxygen atoms in total. The molecule has 4 N–H and O–H groups in total. The van der Waals surface area contributed by atoms with Crippen molar-refractivity contribution < 1.29 is 48.7 Å². The van der Waals surface area contributed by atoms with E-state index in [0.717, 1.165) is 0 Å². The number of rotatable bonds is 7. The number of ether oxygens (including phenoxy) is 3. The molecule has 45 heavy (non-hydrogen) atoms. The lowest BCUT2D eigenvalue weighted by Gasteiger charge is -2.36. The molecule has 0 saturated carbocycles. The SMILES string of the molecule is C/C(=C\c1ccccc1O)C(=O)Oc1ccc2c(c1)Oc1cc(O)ccc1C21OC(=O)c2ccc(C(=O)NCCC(=O)O)cc21. The summed E-state index contributed by atoms with van der Waals surface area (Å²) < 4.78 is 17.8. The van der Waals surface area contributed by atoms with Gasteiger partial charge in [0.2, 0.25) is 0 Å². The summed E-state index contributed by atoms with van der Waals surface area (Å²) in [6.45, 7) is 1.45. The lowest BCUT2D eigenvalue weighted by atomic mass is 9.77. The first kappa shape index (κ1) is 29.0. The molecule has 2 heterocycles. The predicted octanol–water partition coefficient (Wildman–Crippen LogP) is 4.88. The van der Waals surface area contributed by atoms with Crippen LogP contribution in [0.3, 0.4) is 0 Å². The van der Waals surface area contributed by atoms with Crippen LogP contribution in [0.2, 0.25) is 0 Å². The topological polar surface area (TPSA) is 169 Å². The maximum absolute atomic E-state index is 13.2. The number of benzene rings is 4. The summed E-state index contributed by atoms with van der Waals surface area (Å²) in [7, 11) is 0. The van der Waals surface area contributed by atoms with Gasteiger partial charge in [0, 0.05) is 52.1 Å². The van der Waals surface area contributed by atoms with Gasteiger partial charge >= 0.3 is 17.9 Å². The van der Waals surface area contributed by atoms with Gasteiger partial charge in [-0.05, 0) is 61.5 Å². The highest BCUT2D eigenvalue weighted by molar-refractivity contribution is 6.01. The highest BCUT2D eigenvalue weighted by atomic mass is 16.6. The number of carboxylic acids is 1. The molecule has 0 aliphatic carbocycles. The lowest BCUT2D eigenvalue weighted by molar-refractivity contribution is -0.136. The van der Waals surface area contributed by atoms with Gasteiger partial charge in [-0.3, -0.25) is 9.59 Å². The van der Waals surface area contributed by atoms with Gasteiger partial charge < -0.3 is 34.8 Å². The number of esters is 2. The Hall–Kier alpha value is -6.10. The number of hydrogen-bond donors (Lipinski definition) is 4. The summed E-state index contributed by atoms with van der Waals surface area (Å²) in [5.74, 6) is -2.61. The fourth-order valence-electron chi connectivity index (χ4n) is 5.37. The number of nitrogens with one attached hydrogen (secondary N) is 1. The molecule has 226 valence electrons. The quantitative estimate of drug-likeness (QED) is 0.129. The van der Waals surface area contributed by atoms with E-state index < -0.39 is 29.4 Å². The van der Waals surface area contributed by atoms with Crippen LogP contribution in [0.15, 0.2) is 84.4 Å². The van der Waals surface area contributed by atoms with E-state index >= 15 is 0 Å². The molecule has 4 aromatic rings. The molecule has 0 radical (unpaired) electrons. The number of aliphatic carboxylic acids is 1. The van der Waals surface area contributed by atoms with E-state index in [1.807, 2.05) is 0 Å². The van der Waals surface area contributed by atoms with Crippen molar-refractivity contribution in [2.24, 2.45) is 0 Å². The van der Waals surface area contributed by atoms with Gasteiger partial charge in [0.25, 0.3) is 5.91 Å². The molecule has 6 rings (SSSR count). The Morgan fingerprint density at radius 3 is 2.40 bits per heavy atom. The van der Waals surface area contributed by atoms with E-state index in [2.05, 4.69) is 5.32 Å². The number of hydrogen-bond acceptors (Lipinski definition) is 9. The number of amides is 1. The highest BCUT2D eigenvalue weighted by Crippen LogP contribution is 2.57. The lowest BCUT2D eigenvalue weighted by Crippen LogP contribution is -2.33. The van der Waals surface area contributed by atoms with Gasteiger partial charge in [0.15, 0.2) is 5.60 Å². The first-order valence-corrected chi connectivity index (χ1v) is 13.8. The molecule has 0 saturated heterocycles. The van der Waals surface area contributed by atoms with E-state index in [9.17, 15) is 29.4 Å². The molecule has 1 amide bonds. The molecule has 1 atom stereocenters. The van der Waals surface area contributed by atoms with Gasteiger partial charge in [-0.15, -0.1) is 0 Å². The summed E-state index contributed by atoms with van der Waals surface area (Å²) in [5, 5.41) is 31.8. The van der Waals surface area contributed by atoms with Crippen LogP contribution in [0.1, 0.15) is 56.3 Å². The third kappa shape index (κ3) is 5.20. The largest absolute Gasteiger partial charge is 0.508 e. The molecule has 4 aromatic carbocycles. The van der Waals surface area contributed by atoms with Gasteiger partial charge in [0.1, 0.15) is 28.7 Å². The zero-order valence-electron chi connectivity index (χ0n) is 23.7. The van der Waals surface area contributed by atoms with Crippen LogP contribution in [0.5, 0.6) is 28.7 Å². The van der Waals surface area contributed by atoms with Crippen molar-refractivity contribution >= 4 is 29.9 Å². The van der Waals surface area contributed by atoms with Crippen molar-refractivity contribution in [1.82, 2.24) is 5.32 Å². The van der Waals surface area contributed by atoms with E-state index in [0.29, 0.717) is 22.3 Å². The first-order chi connectivity index (χ1) is 21.6. The Kier molecular flexibility index (Phi) is 7.21. The molecular formula is C34H25NO10. The zero-order chi connectivity index (χ0) is 31.9. The predicted molar refractivity (Wildman–Crippen MR) is 158 cm³/mol. The number of phenolic OH excluding ortho intramolecular Hbond substituents is 2. The van der Waals surface area contributed by atoms with Gasteiger partial charge in [-0.1, -0.05) is 18.2 Å². The van der Waals surface area contributed by atoms with E-state index in [1.165, 1.54) is 54.6 Å². The number of aromatic hydroxyl groups is 2. The zero-order valence-corrected chi connectivity index (χ0v) is 23.7. The van der Waals surface area contributed by atoms with Gasteiger partial charge in [-0.2, -0.15) is 0 Å². The van der Waals surface area contributed by atoms with Crippen LogP contribution < -0.4 is 14.8 Å². The summed E-state index contributed by atoms with van der Waals surface area (Å²) in [6, 6.07) is 19.8. The summed E-state index contributed by atoms with van der Waals surface area (Å²) in [5.41, 5.74) is 0.522. The average Bonchev–Trinajstić information content (AvgIpc) is 3.29. The molecule has 0 aromatic heterocycles. The minimum Gasteiger partial charge on any atom is -0.508 e. The Morgan fingerprint density at radius 2 is 1.64 bits per heavy atom. The monoisotopic (exact) mass is 607 g/mol. The number of carboxylic acid groups (broad SMARTS) is 1. The van der Waals surface area contributed by atoms with Crippen LogP contribution in [-0.2, 0) is 19.9 Å². The molecule has 2 aliphatic rings. The third-order valence-corrected chi connectivity index (χ3v) is 7.49. The van der Waals surface area contributed by atoms with Gasteiger partial charge in [0.05, 0.1) is 12.0 Å². The molecule has 0 bridgehead atoms. The second-order valence-corrected chi connectivity index (χ2v) is 10.4. The van der Waals surface area contributed by atoms with Crippen LogP contribution in [0.4, 0.5) is 0 Å². The molecule has 1 spiro atoms. The van der Waals surface area contributed by atoms with E-state index in [-0.39, 0.29) is 58.4 Å². The van der Waals surface area contributed by atoms with Crippen LogP contribution in [0.25, 0.3) is 6.08 Å². The van der Waals surface area contributed by atoms with Crippen molar-refractivity contribution in [2.45, 2.75) is 18.9 Å². The number of carbonyl (C=O) groups excluding carboxylic acids is 3. The first-order valence-electron chi connectivity index (χ1n) is 13.8. The summed E-state index contributed by atoms with van der Waals surface area (Å²) >= 11 is 0. The molecule has 11 heteroatoms. The second kappa shape index (κ2) is 11.2. The number of para-hydroxylation sites is 1. The van der Waals surface area contributed by atoms with Crippen molar-refractivity contribution in [3.63, 3.8) is 0 Å². The number of carbonyl (C=O) groups is 4. The second-order valence-electron chi connectivity index (χ2n) is 10.4. The van der Waals surface area contributed by atoms with E-state index in [1.54, 1.807) is 37.3 Å². The Morgan fingerprint density at radius 1 is 0.911 bits per heavy atom. The summed E-state index contributed by atoms with van der Waals surface area (Å²) in [6.07, 6.45) is 1.23. The highest BCUT2D eigenvalue weighted by Gasteiger charge is 2.54. The normalized spacial score (nSPS) is 16.1. The molecule has 1 unspecified atom stereocenters. The average molecular weight is 608 g/mol. The molecule has 0 fully saturated rings. The van der Waals surface area contributed by atoms with Crippen LogP contribution in [0, 0.1) is 0 Å². The maximum atomic E-state index is 13.2. The van der Waals surface area contributed by atoms with Crippen LogP contribution >= 0.6 is 0 Å². The standard InChI is InChI=1S/C34H25NO10/c1-18(14-19-4-2-3-5-27(19)37)32(41)43-22-8-11-25-29(17-22)44-28-16-21(36)7-10-24(28)34(25)26-15-20(6-9-23(26)33(42)45-34)31(40)35-13-12-30(38)39/h2-11,14-17,36-37H,12-13H2,1H3,(H,35,40)(H,38,39)/b18-14+. The fourth-order valence-corrected chi connectivity index (χ4v) is 5.37. The van der Waals surface area contributed by atoms with Crippen molar-refractivity contribution in [2.75, 3.05) is 6.54 Å². The maximum Gasteiger partial charge on any atom is 0.340 e. The minimum absolute atomic E-state index is 0.00587. The van der Waals surface area contributed by atoms with Crippen molar-refractivity contribution in [3.8, 4) is 28.7 Å². The smallest absolute Gasteiger partial charge is 0.340 e. The van der Waals surface area contributed by atoms with Crippen molar-refractivity contribution in [1.29, 1.82) is 0 Å². The number of fused-ring (bicyclic) bond motifs is 6. The Labute approximate surface area is 255 Å². The molecule has 2 aliphatic heterocycles. The minimum atomic E-state index is -1.59. The van der Waals surface area contributed by atoms with Gasteiger partial charge in [-0.25, -0.2) is 9.59 Å². The fraction of sp³-hybridized carbons (Fsp3) is 0.118. The Bertz CT molecular complexity index is 1950. The molecular weight excluding hydrogens is 582 g/mol. The Balaban J connectivity index is 1.40.